The summed E-state index contributed by atoms with van der Waals surface area (Å²) < 4.78 is 18.0. The lowest BCUT2D eigenvalue weighted by Crippen LogP contribution is -2.52. The molecule has 1 saturated carbocycles. The number of carbonyl (C=O) groups is 1. The van der Waals surface area contributed by atoms with Crippen LogP contribution < -0.4 is 5.32 Å². The molecule has 2 aliphatic heterocycles. The number of rotatable bonds is 7. The first kappa shape index (κ1) is 26.9. The Morgan fingerprint density at radius 1 is 1.15 bits per heavy atom. The summed E-state index contributed by atoms with van der Waals surface area (Å²) in [7, 11) is 0. The number of hydrogen-bond donors (Lipinski definition) is 2. The second kappa shape index (κ2) is 10.1. The number of benzene rings is 3. The topological polar surface area (TPSA) is 70.4 Å². The summed E-state index contributed by atoms with van der Waals surface area (Å²) in [5.41, 5.74) is 3.63. The van der Waals surface area contributed by atoms with E-state index in [-0.39, 0.29) is 23.6 Å². The third-order valence-electron chi connectivity index (χ3n) is 9.27. The zero-order valence-corrected chi connectivity index (χ0v) is 24.2. The molecule has 3 atom stereocenters. The number of likely N-dealkylation sites (tertiary alicyclic amines) is 1. The van der Waals surface area contributed by atoms with Crippen molar-refractivity contribution in [1.29, 1.82) is 0 Å². The molecule has 3 aliphatic rings. The van der Waals surface area contributed by atoms with Gasteiger partial charge in [-0.15, -0.1) is 0 Å². The highest BCUT2D eigenvalue weighted by Crippen LogP contribution is 2.59. The summed E-state index contributed by atoms with van der Waals surface area (Å²) in [5.74, 6) is 0.377. The summed E-state index contributed by atoms with van der Waals surface area (Å²) in [6.07, 6.45) is 3.63. The van der Waals surface area contributed by atoms with E-state index < -0.39 is 17.3 Å². The second-order valence-corrected chi connectivity index (χ2v) is 12.5. The van der Waals surface area contributed by atoms with Gasteiger partial charge in [0.2, 0.25) is 5.91 Å². The molecular weight excluding hydrogens is 562 g/mol. The number of aromatic nitrogens is 2. The lowest BCUT2D eigenvalue weighted by atomic mass is 9.75. The van der Waals surface area contributed by atoms with Crippen molar-refractivity contribution >= 4 is 45.8 Å². The Morgan fingerprint density at radius 3 is 2.76 bits per heavy atom. The number of aryl methyl sites for hydroxylation is 2. The molecule has 1 amide bonds. The molecule has 0 unspecified atom stereocenters. The zero-order chi connectivity index (χ0) is 28.5. The van der Waals surface area contributed by atoms with Crippen molar-refractivity contribution in [1.82, 2.24) is 14.5 Å². The third kappa shape index (κ3) is 4.28. The zero-order valence-electron chi connectivity index (χ0n) is 22.7. The average molecular weight is 594 g/mol. The van der Waals surface area contributed by atoms with Crippen LogP contribution in [0.5, 0.6) is 0 Å². The summed E-state index contributed by atoms with van der Waals surface area (Å²) in [4.78, 5) is 21.4. The quantitative estimate of drug-likeness (QED) is 0.248. The van der Waals surface area contributed by atoms with Crippen LogP contribution in [0, 0.1) is 18.7 Å². The summed E-state index contributed by atoms with van der Waals surface area (Å²) in [6, 6.07) is 16.5. The summed E-state index contributed by atoms with van der Waals surface area (Å²) in [5, 5.41) is 13.3. The van der Waals surface area contributed by atoms with Crippen LogP contribution >= 0.6 is 23.2 Å². The summed E-state index contributed by atoms with van der Waals surface area (Å²) >= 11 is 12.7. The predicted molar refractivity (Wildman–Crippen MR) is 159 cm³/mol. The number of hydrogen-bond acceptors (Lipinski definition) is 4. The third-order valence-corrected chi connectivity index (χ3v) is 9.80. The number of amides is 1. The van der Waals surface area contributed by atoms with Gasteiger partial charge in [0.05, 0.1) is 22.7 Å². The van der Waals surface area contributed by atoms with E-state index in [1.165, 1.54) is 0 Å². The number of fused-ring (bicyclic) bond motifs is 3. The minimum atomic E-state index is -1.07. The smallest absolute Gasteiger partial charge is 0.250 e. The standard InChI is InChI=1S/C32H31Cl2FN4O2/c1-18-36-28-13-20(17-40)7-10-29(28)38(18)12-11-22-15-25(23-3-2-4-26(34)30(23)35)32(39(22)16-19-5-6-19)24-9-8-21(33)14-27(24)37-31(32)41/h2-4,7-10,13-14,19,22,25,40H,5-6,11-12,15-17H2,1H3,(H,37,41)/t22-,25+,32+/m0/s1. The van der Waals surface area contributed by atoms with Crippen LogP contribution in [-0.4, -0.2) is 38.1 Å². The molecule has 9 heteroatoms. The van der Waals surface area contributed by atoms with Crippen molar-refractivity contribution in [2.75, 3.05) is 11.9 Å². The van der Waals surface area contributed by atoms with E-state index >= 15 is 4.39 Å². The number of carbonyl (C=O) groups excluding carboxylic acids is 1. The Labute approximate surface area is 248 Å². The molecule has 1 aliphatic carbocycles. The SMILES string of the molecule is Cc1nc2cc(CO)ccc2n1CC[C@H]1C[C@H](c2cccc(Cl)c2F)[C@]2(C(=O)Nc3cc(Cl)ccc32)N1CC1CC1. The van der Waals surface area contributed by atoms with Gasteiger partial charge < -0.3 is 15.0 Å². The molecule has 1 spiro atoms. The van der Waals surface area contributed by atoms with E-state index in [1.54, 1.807) is 24.3 Å². The van der Waals surface area contributed by atoms with Crippen molar-refractivity contribution in [3.8, 4) is 0 Å². The molecule has 1 aromatic heterocycles. The number of imidazole rings is 1. The Morgan fingerprint density at radius 2 is 1.98 bits per heavy atom. The fourth-order valence-corrected chi connectivity index (χ4v) is 7.58. The number of aliphatic hydroxyl groups excluding tert-OH is 1. The van der Waals surface area contributed by atoms with Crippen molar-refractivity contribution in [2.24, 2.45) is 5.92 Å². The molecule has 3 aromatic carbocycles. The number of anilines is 1. The highest BCUT2D eigenvalue weighted by Gasteiger charge is 2.63. The van der Waals surface area contributed by atoms with Crippen molar-refractivity contribution in [2.45, 2.75) is 63.3 Å². The fraction of sp³-hybridized carbons (Fsp3) is 0.375. The monoisotopic (exact) mass is 592 g/mol. The first-order valence-corrected chi connectivity index (χ1v) is 15.0. The Bertz CT molecular complexity index is 1690. The van der Waals surface area contributed by atoms with E-state index in [4.69, 9.17) is 28.2 Å². The fourth-order valence-electron chi connectivity index (χ4n) is 7.22. The van der Waals surface area contributed by atoms with Gasteiger partial charge in [-0.1, -0.05) is 47.5 Å². The van der Waals surface area contributed by atoms with E-state index in [1.807, 2.05) is 37.3 Å². The minimum absolute atomic E-state index is 0.0138. The number of halogens is 3. The van der Waals surface area contributed by atoms with Gasteiger partial charge in [0.15, 0.2) is 0 Å². The van der Waals surface area contributed by atoms with Gasteiger partial charge in [0, 0.05) is 41.3 Å². The Hall–Kier alpha value is -2.97. The number of nitrogens with zero attached hydrogens (tertiary/aromatic N) is 3. The Kier molecular flexibility index (Phi) is 6.62. The molecule has 0 bridgehead atoms. The van der Waals surface area contributed by atoms with Gasteiger partial charge >= 0.3 is 0 Å². The molecule has 2 N–H and O–H groups in total. The molecule has 7 rings (SSSR count). The van der Waals surface area contributed by atoms with Gasteiger partial charge in [0.25, 0.3) is 0 Å². The molecule has 6 nitrogen and oxygen atoms in total. The minimum Gasteiger partial charge on any atom is -0.392 e. The normalized spacial score (nSPS) is 24.0. The van der Waals surface area contributed by atoms with Gasteiger partial charge in [-0.3, -0.25) is 9.69 Å². The van der Waals surface area contributed by atoms with Gasteiger partial charge in [-0.05, 0) is 80.0 Å². The van der Waals surface area contributed by atoms with Crippen molar-refractivity contribution < 1.29 is 14.3 Å². The van der Waals surface area contributed by atoms with Crippen LogP contribution in [0.3, 0.4) is 0 Å². The molecule has 0 radical (unpaired) electrons. The highest BCUT2D eigenvalue weighted by molar-refractivity contribution is 6.31. The second-order valence-electron chi connectivity index (χ2n) is 11.7. The van der Waals surface area contributed by atoms with E-state index in [0.717, 1.165) is 53.8 Å². The molecule has 4 aromatic rings. The van der Waals surface area contributed by atoms with Crippen LogP contribution in [0.2, 0.25) is 10.0 Å². The van der Waals surface area contributed by atoms with Gasteiger partial charge in [-0.2, -0.15) is 0 Å². The van der Waals surface area contributed by atoms with Crippen LogP contribution in [-0.2, 0) is 23.5 Å². The predicted octanol–water partition coefficient (Wildman–Crippen LogP) is 6.79. The lowest BCUT2D eigenvalue weighted by molar-refractivity contribution is -0.128. The highest BCUT2D eigenvalue weighted by atomic mass is 35.5. The number of nitrogens with one attached hydrogen (secondary N) is 1. The molecule has 2 fully saturated rings. The molecular formula is C32H31Cl2FN4O2. The van der Waals surface area contributed by atoms with Crippen LogP contribution in [0.4, 0.5) is 10.1 Å². The molecule has 41 heavy (non-hydrogen) atoms. The maximum Gasteiger partial charge on any atom is 0.250 e. The van der Waals surface area contributed by atoms with E-state index in [9.17, 15) is 9.90 Å². The molecule has 1 saturated heterocycles. The van der Waals surface area contributed by atoms with Crippen molar-refractivity contribution in [3.63, 3.8) is 0 Å². The van der Waals surface area contributed by atoms with E-state index in [0.29, 0.717) is 35.2 Å². The van der Waals surface area contributed by atoms with Crippen LogP contribution in [0.15, 0.2) is 54.6 Å². The van der Waals surface area contributed by atoms with Gasteiger partial charge in [0.1, 0.15) is 17.2 Å². The average Bonchev–Trinajstić information content (AvgIpc) is 3.56. The summed E-state index contributed by atoms with van der Waals surface area (Å²) in [6.45, 7) is 3.43. The van der Waals surface area contributed by atoms with Gasteiger partial charge in [-0.25, -0.2) is 9.37 Å². The molecule has 212 valence electrons. The van der Waals surface area contributed by atoms with Crippen LogP contribution in [0.25, 0.3) is 11.0 Å². The first-order chi connectivity index (χ1) is 19.8. The van der Waals surface area contributed by atoms with Crippen molar-refractivity contribution in [3.05, 3.63) is 93.0 Å². The Balaban J connectivity index is 1.33. The molecule has 3 heterocycles. The van der Waals surface area contributed by atoms with Crippen LogP contribution in [0.1, 0.15) is 54.1 Å². The first-order valence-electron chi connectivity index (χ1n) is 14.2. The maximum atomic E-state index is 15.8. The van der Waals surface area contributed by atoms with E-state index in [2.05, 4.69) is 14.8 Å². The maximum absolute atomic E-state index is 15.8. The largest absolute Gasteiger partial charge is 0.392 e. The lowest BCUT2D eigenvalue weighted by Gasteiger charge is -2.40. The number of aliphatic hydroxyl groups is 1.